The van der Waals surface area contributed by atoms with Crippen molar-refractivity contribution < 1.29 is 28.5 Å². The first-order valence-electron chi connectivity index (χ1n) is 10.3. The average Bonchev–Trinajstić information content (AvgIpc) is 2.79. The van der Waals surface area contributed by atoms with Crippen LogP contribution in [0.3, 0.4) is 0 Å². The van der Waals surface area contributed by atoms with Gasteiger partial charge in [0.15, 0.2) is 0 Å². The Labute approximate surface area is 195 Å². The predicted octanol–water partition coefficient (Wildman–Crippen LogP) is 4.49. The fraction of sp³-hybridized carbons (Fsp3) is 0.125. The number of hydrogen-bond acceptors (Lipinski definition) is 7. The van der Waals surface area contributed by atoms with Crippen molar-refractivity contribution >= 4 is 27.3 Å². The Morgan fingerprint density at radius 3 is 2.18 bits per heavy atom. The molecule has 4 rings (SSSR count). The molecule has 34 heavy (non-hydrogen) atoms. The lowest BCUT2D eigenvalue weighted by Gasteiger charge is -2.20. The van der Waals surface area contributed by atoms with Crippen LogP contribution in [0.1, 0.15) is 27.0 Å². The highest BCUT2D eigenvalue weighted by Gasteiger charge is 2.23. The van der Waals surface area contributed by atoms with Crippen LogP contribution in [-0.2, 0) is 22.9 Å². The summed E-state index contributed by atoms with van der Waals surface area (Å²) in [5.41, 5.74) is 1.99. The zero-order chi connectivity index (χ0) is 24.5. The largest absolute Gasteiger partial charge is 0.508 e. The van der Waals surface area contributed by atoms with E-state index in [4.69, 9.17) is 0 Å². The van der Waals surface area contributed by atoms with Gasteiger partial charge in [-0.25, -0.2) is 8.42 Å². The highest BCUT2D eigenvalue weighted by Crippen LogP contribution is 2.41. The lowest BCUT2D eigenvalue weighted by atomic mass is 9.93. The van der Waals surface area contributed by atoms with Crippen molar-refractivity contribution in [1.82, 2.24) is 0 Å². The molecular weight excluding hydrogens is 458 g/mol. The molecule has 0 atom stereocenters. The average molecular weight is 480 g/mol. The fourth-order valence-corrected chi connectivity index (χ4v) is 4.66. The summed E-state index contributed by atoms with van der Waals surface area (Å²) in [6.45, 7) is 1.85. The standard InChI is InChI=1S/C24H21N3O6S/c1-14-6-8-18(9-7-14)34(32,33)27-21-13-22(23(30)20-5-3-2-4-19(20)21)25-26-24(31)15-10-16(28)12-17(29)11-15/h2-3,6-13,27-30H,4-5H2,1H3. The molecule has 0 unspecified atom stereocenters. The second-order valence-corrected chi connectivity index (χ2v) is 9.47. The van der Waals surface area contributed by atoms with Crippen molar-refractivity contribution in [1.29, 1.82) is 0 Å². The van der Waals surface area contributed by atoms with Gasteiger partial charge in [-0.3, -0.25) is 9.52 Å². The summed E-state index contributed by atoms with van der Waals surface area (Å²) in [5, 5.41) is 37.2. The molecule has 0 saturated heterocycles. The Balaban J connectivity index is 1.72. The van der Waals surface area contributed by atoms with E-state index in [0.717, 1.165) is 23.8 Å². The number of benzene rings is 3. The van der Waals surface area contributed by atoms with Gasteiger partial charge in [0.25, 0.3) is 15.9 Å². The Morgan fingerprint density at radius 2 is 1.53 bits per heavy atom. The second-order valence-electron chi connectivity index (χ2n) is 7.79. The summed E-state index contributed by atoms with van der Waals surface area (Å²) >= 11 is 0. The van der Waals surface area contributed by atoms with E-state index in [1.54, 1.807) is 12.1 Å². The van der Waals surface area contributed by atoms with Crippen molar-refractivity contribution in [3.05, 3.63) is 82.9 Å². The number of phenols is 3. The maximum atomic E-state index is 13.0. The second kappa shape index (κ2) is 8.99. The molecule has 0 spiro atoms. The maximum Gasteiger partial charge on any atom is 0.295 e. The summed E-state index contributed by atoms with van der Waals surface area (Å²) in [6.07, 6.45) is 4.44. The molecule has 174 valence electrons. The number of rotatable bonds is 5. The van der Waals surface area contributed by atoms with Crippen molar-refractivity contribution in [2.75, 3.05) is 4.72 Å². The van der Waals surface area contributed by atoms with Crippen LogP contribution in [0.2, 0.25) is 0 Å². The van der Waals surface area contributed by atoms with Crippen LogP contribution in [0.4, 0.5) is 11.4 Å². The zero-order valence-corrected chi connectivity index (χ0v) is 18.9. The molecule has 3 aromatic carbocycles. The van der Waals surface area contributed by atoms with Crippen LogP contribution in [0, 0.1) is 6.92 Å². The number of carbonyl (C=O) groups excluding carboxylic acids is 1. The molecule has 3 aromatic rings. The van der Waals surface area contributed by atoms with Gasteiger partial charge in [-0.1, -0.05) is 29.8 Å². The molecule has 1 aliphatic carbocycles. The van der Waals surface area contributed by atoms with E-state index < -0.39 is 15.9 Å². The van der Waals surface area contributed by atoms with E-state index in [0.29, 0.717) is 24.0 Å². The molecule has 0 fully saturated rings. The van der Waals surface area contributed by atoms with E-state index in [1.807, 2.05) is 19.1 Å². The first-order valence-corrected chi connectivity index (χ1v) is 11.7. The number of anilines is 1. The first-order chi connectivity index (χ1) is 16.1. The summed E-state index contributed by atoms with van der Waals surface area (Å²) in [6, 6.07) is 11.0. The van der Waals surface area contributed by atoms with E-state index in [2.05, 4.69) is 15.0 Å². The number of aromatic hydroxyl groups is 3. The summed E-state index contributed by atoms with van der Waals surface area (Å²) in [5.74, 6) is -1.73. The number of nitrogens with one attached hydrogen (secondary N) is 1. The minimum absolute atomic E-state index is 0.0772. The Kier molecular flexibility index (Phi) is 6.08. The monoisotopic (exact) mass is 479 g/mol. The molecule has 1 amide bonds. The van der Waals surface area contributed by atoms with Crippen molar-refractivity contribution in [3.8, 4) is 17.2 Å². The molecule has 10 heteroatoms. The van der Waals surface area contributed by atoms with Gasteiger partial charge >= 0.3 is 0 Å². The maximum absolute atomic E-state index is 13.0. The molecule has 9 nitrogen and oxygen atoms in total. The van der Waals surface area contributed by atoms with Gasteiger partial charge in [0, 0.05) is 11.6 Å². The SMILES string of the molecule is Cc1ccc(S(=O)(=O)Nc2cc(N=NC(=O)c3cc(O)cc(O)c3)c(O)c3c2CC=CC3)cc1. The number of aryl methyl sites for hydroxylation is 1. The lowest BCUT2D eigenvalue weighted by molar-refractivity contribution is 0.0994. The Morgan fingerprint density at radius 1 is 0.912 bits per heavy atom. The van der Waals surface area contributed by atoms with Crippen LogP contribution in [0.5, 0.6) is 17.2 Å². The number of nitrogens with zero attached hydrogens (tertiary/aromatic N) is 2. The van der Waals surface area contributed by atoms with Crippen LogP contribution in [0.25, 0.3) is 0 Å². The Bertz CT molecular complexity index is 1420. The summed E-state index contributed by atoms with van der Waals surface area (Å²) in [4.78, 5) is 12.4. The normalized spacial score (nSPS) is 13.1. The molecular formula is C24H21N3O6S. The molecule has 0 saturated carbocycles. The first kappa shape index (κ1) is 23.0. The predicted molar refractivity (Wildman–Crippen MR) is 125 cm³/mol. The van der Waals surface area contributed by atoms with Gasteiger partial charge in [0.05, 0.1) is 16.1 Å². The van der Waals surface area contributed by atoms with Gasteiger partial charge in [0.1, 0.15) is 22.9 Å². The third-order valence-corrected chi connectivity index (χ3v) is 6.66. The van der Waals surface area contributed by atoms with Crippen molar-refractivity contribution in [2.45, 2.75) is 24.7 Å². The van der Waals surface area contributed by atoms with Crippen molar-refractivity contribution in [2.24, 2.45) is 10.2 Å². The fourth-order valence-electron chi connectivity index (χ4n) is 3.57. The van der Waals surface area contributed by atoms with Gasteiger partial charge < -0.3 is 15.3 Å². The number of carbonyl (C=O) groups is 1. The lowest BCUT2D eigenvalue weighted by Crippen LogP contribution is -2.15. The highest BCUT2D eigenvalue weighted by atomic mass is 32.2. The van der Waals surface area contributed by atoms with E-state index >= 15 is 0 Å². The molecule has 1 aliphatic rings. The molecule has 4 N–H and O–H groups in total. The van der Waals surface area contributed by atoms with Crippen LogP contribution in [-0.4, -0.2) is 29.6 Å². The number of sulfonamides is 1. The zero-order valence-electron chi connectivity index (χ0n) is 18.1. The van der Waals surface area contributed by atoms with Gasteiger partial charge in [0.2, 0.25) is 0 Å². The third-order valence-electron chi connectivity index (χ3n) is 5.28. The molecule has 0 heterocycles. The summed E-state index contributed by atoms with van der Waals surface area (Å²) < 4.78 is 28.5. The molecule has 0 aromatic heterocycles. The number of azo groups is 1. The van der Waals surface area contributed by atoms with E-state index in [9.17, 15) is 28.5 Å². The Hall–Kier alpha value is -4.18. The molecule has 0 bridgehead atoms. The van der Waals surface area contributed by atoms with E-state index in [1.165, 1.54) is 18.2 Å². The smallest absolute Gasteiger partial charge is 0.295 e. The number of fused-ring (bicyclic) bond motifs is 1. The minimum Gasteiger partial charge on any atom is -0.508 e. The van der Waals surface area contributed by atoms with Gasteiger partial charge in [-0.05, 0) is 55.7 Å². The van der Waals surface area contributed by atoms with Gasteiger partial charge in [-0.2, -0.15) is 0 Å². The van der Waals surface area contributed by atoms with Crippen LogP contribution >= 0.6 is 0 Å². The van der Waals surface area contributed by atoms with Crippen LogP contribution in [0.15, 0.2) is 75.8 Å². The number of hydrogen-bond donors (Lipinski definition) is 4. The van der Waals surface area contributed by atoms with E-state index in [-0.39, 0.29) is 39.1 Å². The van der Waals surface area contributed by atoms with Gasteiger partial charge in [-0.15, -0.1) is 10.2 Å². The highest BCUT2D eigenvalue weighted by molar-refractivity contribution is 7.92. The third kappa shape index (κ3) is 4.76. The number of phenolic OH excluding ortho intramolecular Hbond substituents is 3. The summed E-state index contributed by atoms with van der Waals surface area (Å²) in [7, 11) is -3.93. The van der Waals surface area contributed by atoms with Crippen molar-refractivity contribution in [3.63, 3.8) is 0 Å². The van der Waals surface area contributed by atoms with Crippen LogP contribution < -0.4 is 4.72 Å². The quantitative estimate of drug-likeness (QED) is 0.241. The number of allylic oxidation sites excluding steroid dienone is 2. The number of amides is 1. The molecule has 0 aliphatic heterocycles. The molecule has 0 radical (unpaired) electrons. The topological polar surface area (TPSA) is 149 Å². The minimum atomic E-state index is -3.93.